The zero-order chi connectivity index (χ0) is 27.8. The van der Waals surface area contributed by atoms with Crippen LogP contribution in [-0.2, 0) is 26.2 Å². The predicted molar refractivity (Wildman–Crippen MR) is 150 cm³/mol. The molecule has 0 aromatic heterocycles. The third-order valence-electron chi connectivity index (χ3n) is 7.33. The van der Waals surface area contributed by atoms with Gasteiger partial charge in [0.05, 0.1) is 11.4 Å². The molecule has 1 unspecified atom stereocenters. The van der Waals surface area contributed by atoms with Gasteiger partial charge in [0, 0.05) is 18.7 Å². The van der Waals surface area contributed by atoms with E-state index in [2.05, 4.69) is 5.32 Å². The fraction of sp³-hybridized carbons (Fsp3) is 0.517. The van der Waals surface area contributed by atoms with E-state index in [-0.39, 0.29) is 24.2 Å². The van der Waals surface area contributed by atoms with Crippen LogP contribution < -0.4 is 19.1 Å². The van der Waals surface area contributed by atoms with Crippen molar-refractivity contribution in [3.63, 3.8) is 0 Å². The highest BCUT2D eigenvalue weighted by atomic mass is 32.2. The van der Waals surface area contributed by atoms with Crippen molar-refractivity contribution in [3.05, 3.63) is 54.1 Å². The average Bonchev–Trinajstić information content (AvgIpc) is 2.96. The van der Waals surface area contributed by atoms with Gasteiger partial charge < -0.3 is 19.7 Å². The molecule has 10 heteroatoms. The largest absolute Gasteiger partial charge is 0.486 e. The number of hydrogen-bond donors (Lipinski definition) is 1. The highest BCUT2D eigenvalue weighted by Gasteiger charge is 2.33. The summed E-state index contributed by atoms with van der Waals surface area (Å²) < 4.78 is 38.8. The number of nitrogens with zero attached hydrogens (tertiary/aromatic N) is 2. The molecule has 2 aliphatic rings. The van der Waals surface area contributed by atoms with Crippen LogP contribution in [0.15, 0.2) is 48.5 Å². The number of nitrogens with one attached hydrogen (secondary N) is 1. The van der Waals surface area contributed by atoms with E-state index in [0.29, 0.717) is 36.8 Å². The topological polar surface area (TPSA) is 105 Å². The molecule has 1 aliphatic carbocycles. The molecule has 2 aromatic carbocycles. The minimum absolute atomic E-state index is 0.101. The maximum Gasteiger partial charge on any atom is 0.244 e. The van der Waals surface area contributed by atoms with Gasteiger partial charge in [0.15, 0.2) is 11.5 Å². The maximum atomic E-state index is 14.0. The van der Waals surface area contributed by atoms with Crippen molar-refractivity contribution in [1.29, 1.82) is 0 Å². The molecule has 0 radical (unpaired) electrons. The van der Waals surface area contributed by atoms with Gasteiger partial charge in [-0.2, -0.15) is 0 Å². The zero-order valence-electron chi connectivity index (χ0n) is 22.8. The Bertz CT molecular complexity index is 1230. The molecular weight excluding hydrogens is 518 g/mol. The van der Waals surface area contributed by atoms with Gasteiger partial charge in [0.25, 0.3) is 0 Å². The average molecular weight is 558 g/mol. The Kier molecular flexibility index (Phi) is 9.72. The number of sulfonamides is 1. The molecule has 39 heavy (non-hydrogen) atoms. The van der Waals surface area contributed by atoms with E-state index in [1.165, 1.54) is 11.3 Å². The van der Waals surface area contributed by atoms with Crippen LogP contribution in [0.5, 0.6) is 11.5 Å². The second kappa shape index (κ2) is 13.2. The number of benzene rings is 2. The summed E-state index contributed by atoms with van der Waals surface area (Å²) in [5.41, 5.74) is 1.17. The molecule has 1 atom stereocenters. The first kappa shape index (κ1) is 28.7. The predicted octanol–water partition coefficient (Wildman–Crippen LogP) is 3.87. The second-order valence-corrected chi connectivity index (χ2v) is 12.2. The number of hydrogen-bond acceptors (Lipinski definition) is 6. The van der Waals surface area contributed by atoms with Crippen molar-refractivity contribution in [3.8, 4) is 11.5 Å². The van der Waals surface area contributed by atoms with Crippen molar-refractivity contribution in [2.75, 3.05) is 29.8 Å². The molecule has 0 spiro atoms. The first-order valence-electron chi connectivity index (χ1n) is 13.9. The van der Waals surface area contributed by atoms with Crippen molar-refractivity contribution in [2.45, 2.75) is 71.0 Å². The molecule has 9 nitrogen and oxygen atoms in total. The van der Waals surface area contributed by atoms with Gasteiger partial charge in [0.2, 0.25) is 21.8 Å². The van der Waals surface area contributed by atoms with E-state index in [9.17, 15) is 18.0 Å². The summed E-state index contributed by atoms with van der Waals surface area (Å²) in [5.74, 6) is 0.129. The summed E-state index contributed by atoms with van der Waals surface area (Å²) in [6.07, 6.45) is 5.59. The lowest BCUT2D eigenvalue weighted by molar-refractivity contribution is -0.140. The van der Waals surface area contributed by atoms with Gasteiger partial charge in [-0.3, -0.25) is 13.9 Å². The summed E-state index contributed by atoms with van der Waals surface area (Å²) in [6, 6.07) is 13.7. The van der Waals surface area contributed by atoms with Gasteiger partial charge in [-0.05, 0) is 43.9 Å². The Morgan fingerprint density at radius 2 is 1.67 bits per heavy atom. The van der Waals surface area contributed by atoms with Gasteiger partial charge in [-0.15, -0.1) is 0 Å². The first-order valence-corrected chi connectivity index (χ1v) is 15.5. The van der Waals surface area contributed by atoms with Crippen molar-refractivity contribution in [1.82, 2.24) is 10.2 Å². The number of carbonyl (C=O) groups excluding carboxylic acids is 2. The Morgan fingerprint density at radius 1 is 0.974 bits per heavy atom. The van der Waals surface area contributed by atoms with Crippen molar-refractivity contribution in [2.24, 2.45) is 0 Å². The SMILES string of the molecule is CCC(C(=O)NC1CCCCC1)N(Cc1ccccc1)C(=O)CN(c1ccc2c(c1)OCCO2)S(=O)(=O)CC. The number of amides is 2. The normalized spacial score (nSPS) is 16.3. The Morgan fingerprint density at radius 3 is 2.33 bits per heavy atom. The molecule has 1 N–H and O–H groups in total. The van der Waals surface area contributed by atoms with Crippen LogP contribution in [0.3, 0.4) is 0 Å². The highest BCUT2D eigenvalue weighted by molar-refractivity contribution is 7.92. The molecule has 1 aliphatic heterocycles. The van der Waals surface area contributed by atoms with Crippen LogP contribution in [-0.4, -0.2) is 62.7 Å². The lowest BCUT2D eigenvalue weighted by Crippen LogP contribution is -2.54. The third kappa shape index (κ3) is 7.23. The van der Waals surface area contributed by atoms with E-state index in [0.717, 1.165) is 35.6 Å². The van der Waals surface area contributed by atoms with Gasteiger partial charge in [-0.25, -0.2) is 8.42 Å². The van der Waals surface area contributed by atoms with E-state index in [1.807, 2.05) is 37.3 Å². The van der Waals surface area contributed by atoms with Crippen LogP contribution in [0, 0.1) is 0 Å². The minimum Gasteiger partial charge on any atom is -0.486 e. The number of anilines is 1. The number of fused-ring (bicyclic) bond motifs is 1. The molecule has 1 saturated carbocycles. The van der Waals surface area contributed by atoms with Crippen LogP contribution >= 0.6 is 0 Å². The molecule has 0 saturated heterocycles. The Hall–Kier alpha value is -3.27. The van der Waals surface area contributed by atoms with Crippen molar-refractivity contribution >= 4 is 27.5 Å². The molecule has 212 valence electrons. The van der Waals surface area contributed by atoms with Gasteiger partial charge in [0.1, 0.15) is 25.8 Å². The fourth-order valence-electron chi connectivity index (χ4n) is 5.15. The standard InChI is InChI=1S/C29H39N3O6S/c1-3-25(29(34)30-23-13-9-6-10-14-23)31(20-22-11-7-5-8-12-22)28(33)21-32(39(35,36)4-2)24-15-16-26-27(19-24)38-18-17-37-26/h5,7-8,11-12,15-16,19,23,25H,3-4,6,9-10,13-14,17-18,20-21H2,1-2H3,(H,30,34). The van der Waals surface area contributed by atoms with E-state index >= 15 is 0 Å². The second-order valence-electron chi connectivity index (χ2n) is 10.0. The number of ether oxygens (including phenoxy) is 2. The summed E-state index contributed by atoms with van der Waals surface area (Å²) in [7, 11) is -3.83. The van der Waals surface area contributed by atoms with Gasteiger partial charge >= 0.3 is 0 Å². The van der Waals surface area contributed by atoms with E-state index in [4.69, 9.17) is 9.47 Å². The lowest BCUT2D eigenvalue weighted by Gasteiger charge is -2.34. The Labute approximate surface area is 231 Å². The lowest BCUT2D eigenvalue weighted by atomic mass is 9.95. The number of carbonyl (C=O) groups is 2. The molecule has 1 heterocycles. The van der Waals surface area contributed by atoms with Gasteiger partial charge in [-0.1, -0.05) is 56.5 Å². The smallest absolute Gasteiger partial charge is 0.244 e. The van der Waals surface area contributed by atoms with Crippen molar-refractivity contribution < 1.29 is 27.5 Å². The highest BCUT2D eigenvalue weighted by Crippen LogP contribution is 2.35. The summed E-state index contributed by atoms with van der Waals surface area (Å²) >= 11 is 0. The molecule has 4 rings (SSSR count). The number of rotatable bonds is 11. The van der Waals surface area contributed by atoms with Crippen LogP contribution in [0.4, 0.5) is 5.69 Å². The third-order valence-corrected chi connectivity index (χ3v) is 9.07. The van der Waals surface area contributed by atoms with E-state index in [1.54, 1.807) is 25.1 Å². The molecule has 2 aromatic rings. The molecule has 0 bridgehead atoms. The van der Waals surface area contributed by atoms with Crippen LogP contribution in [0.1, 0.15) is 57.9 Å². The quantitative estimate of drug-likeness (QED) is 0.450. The van der Waals surface area contributed by atoms with Crippen LogP contribution in [0.2, 0.25) is 0 Å². The maximum absolute atomic E-state index is 14.0. The Balaban J connectivity index is 1.63. The zero-order valence-corrected chi connectivity index (χ0v) is 23.6. The molecular formula is C29H39N3O6S. The summed E-state index contributed by atoms with van der Waals surface area (Å²) in [6.45, 7) is 3.94. The summed E-state index contributed by atoms with van der Waals surface area (Å²) in [5, 5.41) is 3.16. The first-order chi connectivity index (χ1) is 18.8. The molecule has 1 fully saturated rings. The molecule has 2 amide bonds. The monoisotopic (exact) mass is 557 g/mol. The van der Waals surface area contributed by atoms with E-state index < -0.39 is 28.5 Å². The summed E-state index contributed by atoms with van der Waals surface area (Å²) in [4.78, 5) is 29.0. The van der Waals surface area contributed by atoms with Crippen LogP contribution in [0.25, 0.3) is 0 Å². The fourth-order valence-corrected chi connectivity index (χ4v) is 6.20. The minimum atomic E-state index is -3.83.